The smallest absolute Gasteiger partial charge is 0.0543 e. The summed E-state index contributed by atoms with van der Waals surface area (Å²) in [6.07, 6.45) is 0. The van der Waals surface area contributed by atoms with Crippen molar-refractivity contribution in [3.63, 3.8) is 0 Å². The molecule has 0 bridgehead atoms. The minimum Gasteiger partial charge on any atom is -0.309 e. The average molecular weight is 376 g/mol. The van der Waals surface area contributed by atoms with E-state index in [1.54, 1.807) is 0 Å². The predicted molar refractivity (Wildman–Crippen MR) is 125 cm³/mol. The van der Waals surface area contributed by atoms with E-state index >= 15 is 0 Å². The Morgan fingerprint density at radius 1 is 0.621 bits per heavy atom. The summed E-state index contributed by atoms with van der Waals surface area (Å²) in [6.45, 7) is 6.85. The number of aromatic nitrogens is 1. The Balaban J connectivity index is 1.93. The van der Waals surface area contributed by atoms with Crippen molar-refractivity contribution >= 4 is 21.7 Å². The van der Waals surface area contributed by atoms with Crippen LogP contribution in [0.3, 0.4) is 0 Å². The Morgan fingerprint density at radius 3 is 2.03 bits per heavy atom. The first-order chi connectivity index (χ1) is 14.0. The Hall–Kier alpha value is -3.32. The van der Waals surface area contributed by atoms with E-state index in [4.69, 9.17) is 0 Å². The van der Waals surface area contributed by atoms with Gasteiger partial charge in [0.1, 0.15) is 0 Å². The lowest BCUT2D eigenvalue weighted by atomic mass is 9.85. The summed E-state index contributed by atoms with van der Waals surface area (Å²) in [5.74, 6) is 0. The molecule has 142 valence electrons. The van der Waals surface area contributed by atoms with Crippen molar-refractivity contribution in [1.82, 2.24) is 4.57 Å². The van der Waals surface area contributed by atoms with Crippen molar-refractivity contribution in [3.05, 3.63) is 103 Å². The van der Waals surface area contributed by atoms with E-state index in [0.717, 1.165) is 0 Å². The largest absolute Gasteiger partial charge is 0.309 e. The van der Waals surface area contributed by atoms with Gasteiger partial charge in [0.05, 0.1) is 16.9 Å². The van der Waals surface area contributed by atoms with Crippen LogP contribution in [-0.4, -0.2) is 4.57 Å². The predicted octanol–water partition coefficient (Wildman–Crippen LogP) is 7.75. The van der Waals surface area contributed by atoms with E-state index in [1.165, 1.54) is 44.2 Å². The minimum absolute atomic E-state index is 0.0780. The van der Waals surface area contributed by atoms with Gasteiger partial charge in [-0.2, -0.15) is 0 Å². The second-order valence-corrected chi connectivity index (χ2v) is 8.76. The van der Waals surface area contributed by atoms with Crippen LogP contribution in [0.2, 0.25) is 0 Å². The summed E-state index contributed by atoms with van der Waals surface area (Å²) in [7, 11) is 0. The first-order valence-corrected chi connectivity index (χ1v) is 10.2. The molecule has 1 heteroatoms. The molecular formula is C28H25N. The SMILES string of the molecule is CC(C)(C)c1cc(-n2c(-c3ccccc3)cc3ccccc32)c2ccccc2c1. The molecule has 0 atom stereocenters. The lowest BCUT2D eigenvalue weighted by molar-refractivity contribution is 0.591. The third-order valence-electron chi connectivity index (χ3n) is 5.73. The lowest BCUT2D eigenvalue weighted by Crippen LogP contribution is -2.12. The second kappa shape index (κ2) is 6.63. The molecule has 0 aliphatic heterocycles. The molecule has 1 nitrogen and oxygen atoms in total. The summed E-state index contributed by atoms with van der Waals surface area (Å²) in [5.41, 5.74) is 6.37. The second-order valence-electron chi connectivity index (χ2n) is 8.76. The maximum atomic E-state index is 2.43. The van der Waals surface area contributed by atoms with Crippen LogP contribution in [0, 0.1) is 0 Å². The van der Waals surface area contributed by atoms with Crippen LogP contribution >= 0.6 is 0 Å². The fraction of sp³-hybridized carbons (Fsp3) is 0.143. The Kier molecular flexibility index (Phi) is 4.06. The van der Waals surface area contributed by atoms with Gasteiger partial charge in [-0.25, -0.2) is 0 Å². The number of fused-ring (bicyclic) bond motifs is 2. The number of rotatable bonds is 2. The van der Waals surface area contributed by atoms with Gasteiger partial charge in [-0.3, -0.25) is 0 Å². The molecule has 0 saturated heterocycles. The van der Waals surface area contributed by atoms with Crippen molar-refractivity contribution < 1.29 is 0 Å². The molecule has 0 fully saturated rings. The van der Waals surface area contributed by atoms with Gasteiger partial charge in [0.25, 0.3) is 0 Å². The quantitative estimate of drug-likeness (QED) is 0.297. The molecule has 0 amide bonds. The lowest BCUT2D eigenvalue weighted by Gasteiger charge is -2.23. The first-order valence-electron chi connectivity index (χ1n) is 10.2. The average Bonchev–Trinajstić information content (AvgIpc) is 3.12. The molecular weight excluding hydrogens is 350 g/mol. The van der Waals surface area contributed by atoms with E-state index in [0.29, 0.717) is 0 Å². The Bertz CT molecular complexity index is 1320. The van der Waals surface area contributed by atoms with E-state index in [2.05, 4.69) is 122 Å². The normalized spacial score (nSPS) is 12.0. The Labute approximate surface area is 172 Å². The van der Waals surface area contributed by atoms with Gasteiger partial charge in [-0.05, 0) is 40.1 Å². The highest BCUT2D eigenvalue weighted by molar-refractivity contribution is 5.96. The molecule has 0 unspecified atom stereocenters. The summed E-state index contributed by atoms with van der Waals surface area (Å²) in [4.78, 5) is 0. The van der Waals surface area contributed by atoms with Crippen LogP contribution in [0.1, 0.15) is 26.3 Å². The topological polar surface area (TPSA) is 4.93 Å². The number of hydrogen-bond acceptors (Lipinski definition) is 0. The number of para-hydroxylation sites is 1. The van der Waals surface area contributed by atoms with E-state index in [-0.39, 0.29) is 5.41 Å². The molecule has 1 heterocycles. The molecule has 5 aromatic rings. The van der Waals surface area contributed by atoms with Gasteiger partial charge in [-0.15, -0.1) is 0 Å². The number of nitrogens with zero attached hydrogens (tertiary/aromatic N) is 1. The zero-order valence-corrected chi connectivity index (χ0v) is 17.2. The molecule has 1 aromatic heterocycles. The van der Waals surface area contributed by atoms with Crippen molar-refractivity contribution in [1.29, 1.82) is 0 Å². The van der Waals surface area contributed by atoms with Crippen LogP contribution in [0.4, 0.5) is 0 Å². The molecule has 0 saturated carbocycles. The zero-order chi connectivity index (χ0) is 20.0. The van der Waals surface area contributed by atoms with Crippen LogP contribution < -0.4 is 0 Å². The minimum atomic E-state index is 0.0780. The van der Waals surface area contributed by atoms with Gasteiger partial charge in [0, 0.05) is 10.8 Å². The molecule has 0 spiro atoms. The fourth-order valence-electron chi connectivity index (χ4n) is 4.14. The molecule has 0 aliphatic rings. The van der Waals surface area contributed by atoms with E-state index in [9.17, 15) is 0 Å². The molecule has 0 N–H and O–H groups in total. The molecule has 0 aliphatic carbocycles. The van der Waals surface area contributed by atoms with E-state index < -0.39 is 0 Å². The van der Waals surface area contributed by atoms with Crippen LogP contribution in [0.5, 0.6) is 0 Å². The molecule has 0 radical (unpaired) electrons. The van der Waals surface area contributed by atoms with Gasteiger partial charge < -0.3 is 4.57 Å². The maximum absolute atomic E-state index is 2.43. The summed E-state index contributed by atoms with van der Waals surface area (Å²) < 4.78 is 2.43. The van der Waals surface area contributed by atoms with E-state index in [1.807, 2.05) is 0 Å². The highest BCUT2D eigenvalue weighted by Crippen LogP contribution is 2.37. The van der Waals surface area contributed by atoms with Gasteiger partial charge in [0.15, 0.2) is 0 Å². The maximum Gasteiger partial charge on any atom is 0.0543 e. The van der Waals surface area contributed by atoms with Crippen LogP contribution in [0.15, 0.2) is 97.1 Å². The van der Waals surface area contributed by atoms with Gasteiger partial charge >= 0.3 is 0 Å². The standard InChI is InChI=1S/C28H25N/c1-28(2,3)23-17-21-13-7-9-15-24(21)27(19-23)29-25-16-10-8-14-22(25)18-26(29)20-11-5-4-6-12-20/h4-19H,1-3H3. The van der Waals surface area contributed by atoms with Crippen molar-refractivity contribution in [3.8, 4) is 16.9 Å². The van der Waals surface area contributed by atoms with Gasteiger partial charge in [-0.1, -0.05) is 99.6 Å². The molecule has 5 rings (SSSR count). The van der Waals surface area contributed by atoms with Crippen molar-refractivity contribution in [2.45, 2.75) is 26.2 Å². The van der Waals surface area contributed by atoms with Crippen LogP contribution in [0.25, 0.3) is 38.6 Å². The highest BCUT2D eigenvalue weighted by atomic mass is 15.0. The Morgan fingerprint density at radius 2 is 1.28 bits per heavy atom. The van der Waals surface area contributed by atoms with Crippen molar-refractivity contribution in [2.24, 2.45) is 0 Å². The van der Waals surface area contributed by atoms with Crippen molar-refractivity contribution in [2.75, 3.05) is 0 Å². The first kappa shape index (κ1) is 17.8. The summed E-state index contributed by atoms with van der Waals surface area (Å²) >= 11 is 0. The monoisotopic (exact) mass is 375 g/mol. The third kappa shape index (κ3) is 3.03. The summed E-state index contributed by atoms with van der Waals surface area (Å²) in [6, 6.07) is 35.1. The summed E-state index contributed by atoms with van der Waals surface area (Å²) in [5, 5.41) is 3.82. The fourth-order valence-corrected chi connectivity index (χ4v) is 4.14. The molecule has 4 aromatic carbocycles. The zero-order valence-electron chi connectivity index (χ0n) is 17.2. The molecule has 29 heavy (non-hydrogen) atoms. The highest BCUT2D eigenvalue weighted by Gasteiger charge is 2.19. The number of hydrogen-bond donors (Lipinski definition) is 0. The van der Waals surface area contributed by atoms with Crippen LogP contribution in [-0.2, 0) is 5.41 Å². The third-order valence-corrected chi connectivity index (χ3v) is 5.73. The van der Waals surface area contributed by atoms with Gasteiger partial charge in [0.2, 0.25) is 0 Å². The number of benzene rings is 4.